The minimum Gasteiger partial charge on any atom is -0.480 e. The second-order valence-corrected chi connectivity index (χ2v) is 9.77. The maximum absolute atomic E-state index is 6.54. The van der Waals surface area contributed by atoms with Gasteiger partial charge in [0.25, 0.3) is 0 Å². The first-order valence-corrected chi connectivity index (χ1v) is 10.9. The molecule has 0 aliphatic carbocycles. The summed E-state index contributed by atoms with van der Waals surface area (Å²) in [6, 6.07) is 15.6. The van der Waals surface area contributed by atoms with Crippen molar-refractivity contribution >= 4 is 46.1 Å². The van der Waals surface area contributed by atoms with Crippen LogP contribution in [0.5, 0.6) is 5.75 Å². The number of nitrogens with one attached hydrogen (secondary N) is 1. The molecule has 30 heavy (non-hydrogen) atoms. The summed E-state index contributed by atoms with van der Waals surface area (Å²) in [6.45, 7) is 6.48. The third kappa shape index (κ3) is 3.28. The molecule has 0 unspecified atom stereocenters. The highest BCUT2D eigenvalue weighted by molar-refractivity contribution is 6.34. The van der Waals surface area contributed by atoms with Crippen molar-refractivity contribution in [1.29, 1.82) is 0 Å². The second kappa shape index (κ2) is 6.95. The fourth-order valence-electron chi connectivity index (χ4n) is 4.61. The van der Waals surface area contributed by atoms with Gasteiger partial charge in [-0.05, 0) is 79.9 Å². The Morgan fingerprint density at radius 2 is 1.60 bits per heavy atom. The molecule has 0 fully saturated rings. The summed E-state index contributed by atoms with van der Waals surface area (Å²) in [4.78, 5) is 0. The third-order valence-electron chi connectivity index (χ3n) is 5.60. The summed E-state index contributed by atoms with van der Waals surface area (Å²) in [6.07, 6.45) is 1.91. The molecule has 1 N–H and O–H groups in total. The summed E-state index contributed by atoms with van der Waals surface area (Å²) >= 11 is 19.0. The van der Waals surface area contributed by atoms with Crippen molar-refractivity contribution in [3.8, 4) is 16.9 Å². The number of halogens is 3. The van der Waals surface area contributed by atoms with Gasteiger partial charge in [-0.15, -0.1) is 0 Å². The lowest BCUT2D eigenvalue weighted by atomic mass is 9.80. The van der Waals surface area contributed by atoms with Crippen LogP contribution in [0.3, 0.4) is 0 Å². The van der Waals surface area contributed by atoms with Crippen molar-refractivity contribution in [3.05, 3.63) is 86.4 Å². The van der Waals surface area contributed by atoms with Gasteiger partial charge in [0.15, 0.2) is 6.10 Å². The highest BCUT2D eigenvalue weighted by Crippen LogP contribution is 2.51. The summed E-state index contributed by atoms with van der Waals surface area (Å²) in [5.74, 6) is 0.790. The fourth-order valence-corrected chi connectivity index (χ4v) is 5.33. The van der Waals surface area contributed by atoms with Crippen LogP contribution >= 0.6 is 34.8 Å². The van der Waals surface area contributed by atoms with Gasteiger partial charge in [-0.1, -0.05) is 46.9 Å². The van der Waals surface area contributed by atoms with Gasteiger partial charge in [0.05, 0.1) is 5.54 Å². The number of fused-ring (bicyclic) bond motifs is 5. The van der Waals surface area contributed by atoms with Gasteiger partial charge in [-0.2, -0.15) is 0 Å². The SMILES string of the molecule is CC1=CC(C)(C)Nc2ccc3c(c21)[C@@H](c1cc(Cl)cc(Cl)c1)Oc1ccc(Cl)cc1-3. The van der Waals surface area contributed by atoms with E-state index >= 15 is 0 Å². The van der Waals surface area contributed by atoms with E-state index in [1.165, 1.54) is 5.57 Å². The van der Waals surface area contributed by atoms with Crippen LogP contribution in [0.4, 0.5) is 5.69 Å². The zero-order valence-corrected chi connectivity index (χ0v) is 19.1. The number of ether oxygens (including phenoxy) is 1. The molecule has 5 rings (SSSR count). The molecule has 0 saturated heterocycles. The zero-order valence-electron chi connectivity index (χ0n) is 16.8. The Hall–Kier alpha value is -2.13. The van der Waals surface area contributed by atoms with Gasteiger partial charge >= 0.3 is 0 Å². The summed E-state index contributed by atoms with van der Waals surface area (Å²) in [5, 5.41) is 5.48. The standard InChI is InChI=1S/C25H20Cl3NO/c1-13-12-25(2,3)29-20-6-5-18-19-11-15(26)4-7-21(19)30-24(23(18)22(13)20)14-8-16(27)10-17(28)9-14/h4-12,24,29H,1-3H3/t24-/m1/s1. The number of hydrogen-bond acceptors (Lipinski definition) is 2. The minimum atomic E-state index is -0.341. The van der Waals surface area contributed by atoms with E-state index in [0.717, 1.165) is 39.3 Å². The molecule has 5 heteroatoms. The van der Waals surface area contributed by atoms with Gasteiger partial charge in [0.1, 0.15) is 5.75 Å². The molecular formula is C25H20Cl3NO. The first-order valence-electron chi connectivity index (χ1n) is 9.79. The van der Waals surface area contributed by atoms with E-state index in [0.29, 0.717) is 15.1 Å². The molecule has 0 radical (unpaired) electrons. The molecule has 2 aliphatic heterocycles. The van der Waals surface area contributed by atoms with Crippen molar-refractivity contribution in [2.24, 2.45) is 0 Å². The Kier molecular flexibility index (Phi) is 4.59. The predicted molar refractivity (Wildman–Crippen MR) is 127 cm³/mol. The smallest absolute Gasteiger partial charge is 0.150 e. The summed E-state index contributed by atoms with van der Waals surface area (Å²) in [7, 11) is 0. The van der Waals surface area contributed by atoms with E-state index in [2.05, 4.69) is 44.3 Å². The van der Waals surface area contributed by atoms with Gasteiger partial charge in [-0.3, -0.25) is 0 Å². The first-order chi connectivity index (χ1) is 14.2. The Bertz CT molecular complexity index is 1210. The third-order valence-corrected chi connectivity index (χ3v) is 6.27. The molecule has 0 spiro atoms. The predicted octanol–water partition coefficient (Wildman–Crippen LogP) is 8.40. The molecule has 0 aromatic heterocycles. The van der Waals surface area contributed by atoms with Crippen LogP contribution in [0, 0.1) is 0 Å². The zero-order chi connectivity index (χ0) is 21.2. The highest BCUT2D eigenvalue weighted by Gasteiger charge is 2.34. The Morgan fingerprint density at radius 3 is 2.33 bits per heavy atom. The molecule has 3 aromatic carbocycles. The Balaban J connectivity index is 1.82. The topological polar surface area (TPSA) is 21.3 Å². The van der Waals surface area contributed by atoms with Gasteiger partial charge in [0, 0.05) is 37.4 Å². The maximum Gasteiger partial charge on any atom is 0.150 e. The van der Waals surface area contributed by atoms with E-state index in [1.54, 1.807) is 6.07 Å². The molecule has 2 heterocycles. The highest BCUT2D eigenvalue weighted by atomic mass is 35.5. The number of benzene rings is 3. The van der Waals surface area contributed by atoms with E-state index in [1.807, 2.05) is 30.3 Å². The van der Waals surface area contributed by atoms with Crippen molar-refractivity contribution < 1.29 is 4.74 Å². The van der Waals surface area contributed by atoms with Crippen LogP contribution < -0.4 is 10.1 Å². The number of hydrogen-bond donors (Lipinski definition) is 1. The van der Waals surface area contributed by atoms with Crippen molar-refractivity contribution in [2.75, 3.05) is 5.32 Å². The quantitative estimate of drug-likeness (QED) is 0.397. The van der Waals surface area contributed by atoms with Crippen LogP contribution in [0.1, 0.15) is 43.6 Å². The molecule has 0 amide bonds. The van der Waals surface area contributed by atoms with Gasteiger partial charge < -0.3 is 10.1 Å². The Labute approximate surface area is 191 Å². The number of allylic oxidation sites excluding steroid dienone is 1. The number of rotatable bonds is 1. The van der Waals surface area contributed by atoms with Crippen LogP contribution in [0.2, 0.25) is 15.1 Å². The van der Waals surface area contributed by atoms with E-state index in [4.69, 9.17) is 39.5 Å². The fraction of sp³-hybridized carbons (Fsp3) is 0.200. The normalized spacial score (nSPS) is 18.3. The maximum atomic E-state index is 6.54. The molecule has 0 saturated carbocycles. The monoisotopic (exact) mass is 455 g/mol. The largest absolute Gasteiger partial charge is 0.480 e. The molecular weight excluding hydrogens is 437 g/mol. The lowest BCUT2D eigenvalue weighted by Crippen LogP contribution is -2.32. The number of anilines is 1. The molecule has 2 nitrogen and oxygen atoms in total. The van der Waals surface area contributed by atoms with E-state index < -0.39 is 0 Å². The Morgan fingerprint density at radius 1 is 0.867 bits per heavy atom. The van der Waals surface area contributed by atoms with Crippen LogP contribution in [0.25, 0.3) is 16.7 Å². The van der Waals surface area contributed by atoms with Crippen LogP contribution in [-0.4, -0.2) is 5.54 Å². The molecule has 1 atom stereocenters. The summed E-state index contributed by atoms with van der Waals surface area (Å²) < 4.78 is 6.54. The molecule has 0 bridgehead atoms. The average molecular weight is 457 g/mol. The van der Waals surface area contributed by atoms with E-state index in [9.17, 15) is 0 Å². The molecule has 152 valence electrons. The lowest BCUT2D eigenvalue weighted by molar-refractivity contribution is 0.243. The first kappa shape index (κ1) is 19.8. The van der Waals surface area contributed by atoms with Gasteiger partial charge in [-0.25, -0.2) is 0 Å². The lowest BCUT2D eigenvalue weighted by Gasteiger charge is -2.37. The average Bonchev–Trinajstić information content (AvgIpc) is 2.65. The van der Waals surface area contributed by atoms with E-state index in [-0.39, 0.29) is 11.6 Å². The minimum absolute atomic E-state index is 0.128. The van der Waals surface area contributed by atoms with Crippen molar-refractivity contribution in [2.45, 2.75) is 32.4 Å². The van der Waals surface area contributed by atoms with Crippen LogP contribution in [0.15, 0.2) is 54.6 Å². The van der Waals surface area contributed by atoms with Crippen molar-refractivity contribution in [3.63, 3.8) is 0 Å². The molecule has 2 aliphatic rings. The van der Waals surface area contributed by atoms with Crippen LogP contribution in [-0.2, 0) is 0 Å². The van der Waals surface area contributed by atoms with Crippen molar-refractivity contribution in [1.82, 2.24) is 0 Å². The van der Waals surface area contributed by atoms with Gasteiger partial charge in [0.2, 0.25) is 0 Å². The summed E-state index contributed by atoms with van der Waals surface area (Å²) in [5.41, 5.74) is 7.42. The molecule has 3 aromatic rings. The second-order valence-electron chi connectivity index (χ2n) is 8.46.